The summed E-state index contributed by atoms with van der Waals surface area (Å²) in [4.78, 5) is 22.5. The summed E-state index contributed by atoms with van der Waals surface area (Å²) >= 11 is 5.59. The monoisotopic (exact) mass is 449 g/mol. The van der Waals surface area contributed by atoms with Crippen LogP contribution < -0.4 is 10.6 Å². The zero-order valence-electron chi connectivity index (χ0n) is 17.3. The second-order valence-corrected chi connectivity index (χ2v) is 7.57. The average Bonchev–Trinajstić information content (AvgIpc) is 2.81. The van der Waals surface area contributed by atoms with E-state index < -0.39 is 10.9 Å². The van der Waals surface area contributed by atoms with Crippen LogP contribution in [0.4, 0.5) is 5.69 Å². The predicted molar refractivity (Wildman–Crippen MR) is 127 cm³/mol. The number of hydrogen-bond acceptors (Lipinski definition) is 5. The third-order valence-electron chi connectivity index (χ3n) is 4.97. The van der Waals surface area contributed by atoms with Crippen LogP contribution in [0, 0.1) is 10.1 Å². The van der Waals surface area contributed by atoms with Gasteiger partial charge in [-0.3, -0.25) is 10.1 Å². The Labute approximate surface area is 191 Å². The molecule has 0 amide bonds. The summed E-state index contributed by atoms with van der Waals surface area (Å²) in [6.07, 6.45) is 0.685. The van der Waals surface area contributed by atoms with Crippen LogP contribution in [0.25, 0.3) is 0 Å². The van der Waals surface area contributed by atoms with E-state index >= 15 is 0 Å². The topological polar surface area (TPSA) is 104 Å². The lowest BCUT2D eigenvalue weighted by Crippen LogP contribution is -2.24. The first kappa shape index (κ1) is 23.1. The van der Waals surface area contributed by atoms with Gasteiger partial charge in [-0.05, 0) is 30.2 Å². The van der Waals surface area contributed by atoms with Crippen molar-refractivity contribution in [2.24, 2.45) is 0 Å². The van der Waals surface area contributed by atoms with E-state index in [0.717, 1.165) is 22.8 Å². The summed E-state index contributed by atoms with van der Waals surface area (Å²) in [6.45, 7) is 1.48. The van der Waals surface area contributed by atoms with Crippen molar-refractivity contribution < 1.29 is 14.8 Å². The van der Waals surface area contributed by atoms with Gasteiger partial charge in [0.05, 0.1) is 10.5 Å². The van der Waals surface area contributed by atoms with Gasteiger partial charge in [0.25, 0.3) is 5.69 Å². The highest BCUT2D eigenvalue weighted by atomic mass is 32.1. The molecule has 0 aromatic heterocycles. The molecule has 32 heavy (non-hydrogen) atoms. The fraction of sp³-hybridized carbons (Fsp3) is 0.167. The fourth-order valence-corrected chi connectivity index (χ4v) is 3.57. The summed E-state index contributed by atoms with van der Waals surface area (Å²) in [6, 6.07) is 21.8. The van der Waals surface area contributed by atoms with Gasteiger partial charge in [-0.15, -0.1) is 0 Å². The Bertz CT molecular complexity index is 1120. The van der Waals surface area contributed by atoms with Crippen LogP contribution in [0.2, 0.25) is 0 Å². The molecule has 0 aliphatic carbocycles. The van der Waals surface area contributed by atoms with Crippen LogP contribution in [-0.2, 0) is 19.5 Å². The number of benzene rings is 3. The molecule has 7 nitrogen and oxygen atoms in total. The van der Waals surface area contributed by atoms with Crippen LogP contribution in [0.15, 0.2) is 72.8 Å². The molecule has 3 aromatic rings. The lowest BCUT2D eigenvalue weighted by Gasteiger charge is -2.13. The molecule has 164 valence electrons. The standard InChI is InChI=1S/C24H23N3O4S/c28-24(29)19-10-11-20(22(14-19)27(30)31)16-25-13-12-18-8-4-5-9-21(18)23(32)26-15-17-6-2-1-3-7-17/h1-11,14,25H,12-13,15-16H2,(H,26,32)(H,28,29). The van der Waals surface area contributed by atoms with Crippen LogP contribution >= 0.6 is 12.2 Å². The number of aromatic carboxylic acids is 1. The molecule has 0 aliphatic heterocycles. The fourth-order valence-electron chi connectivity index (χ4n) is 3.30. The number of carboxylic acid groups (broad SMARTS) is 1. The molecule has 0 saturated carbocycles. The maximum Gasteiger partial charge on any atom is 0.335 e. The van der Waals surface area contributed by atoms with Gasteiger partial charge >= 0.3 is 5.97 Å². The van der Waals surface area contributed by atoms with E-state index in [-0.39, 0.29) is 17.8 Å². The van der Waals surface area contributed by atoms with Gasteiger partial charge in [0, 0.05) is 30.3 Å². The minimum Gasteiger partial charge on any atom is -0.478 e. The van der Waals surface area contributed by atoms with Gasteiger partial charge in [0.2, 0.25) is 0 Å². The summed E-state index contributed by atoms with van der Waals surface area (Å²) in [5, 5.41) is 26.8. The first-order chi connectivity index (χ1) is 15.5. The van der Waals surface area contributed by atoms with E-state index in [1.165, 1.54) is 12.1 Å². The number of carboxylic acids is 1. The smallest absolute Gasteiger partial charge is 0.335 e. The van der Waals surface area contributed by atoms with Crippen molar-refractivity contribution in [2.45, 2.75) is 19.5 Å². The lowest BCUT2D eigenvalue weighted by molar-refractivity contribution is -0.385. The van der Waals surface area contributed by atoms with Gasteiger partial charge in [-0.2, -0.15) is 0 Å². The third-order valence-corrected chi connectivity index (χ3v) is 5.34. The summed E-state index contributed by atoms with van der Waals surface area (Å²) in [5.41, 5.74) is 3.30. The van der Waals surface area contributed by atoms with Gasteiger partial charge in [0.15, 0.2) is 0 Å². The maximum atomic E-state index is 11.3. The van der Waals surface area contributed by atoms with Crippen molar-refractivity contribution in [1.82, 2.24) is 10.6 Å². The number of nitro benzene ring substituents is 1. The number of thiocarbonyl (C=S) groups is 1. The van der Waals surface area contributed by atoms with Crippen LogP contribution in [0.5, 0.6) is 0 Å². The molecule has 3 aromatic carbocycles. The van der Waals surface area contributed by atoms with Crippen molar-refractivity contribution in [1.29, 1.82) is 0 Å². The number of hydrogen-bond donors (Lipinski definition) is 3. The Hall–Kier alpha value is -3.62. The second kappa shape index (κ2) is 11.1. The molecule has 0 bridgehead atoms. The van der Waals surface area contributed by atoms with Crippen molar-refractivity contribution >= 4 is 28.9 Å². The van der Waals surface area contributed by atoms with Crippen molar-refractivity contribution in [3.8, 4) is 0 Å². The Morgan fingerprint density at radius 1 is 0.969 bits per heavy atom. The Balaban J connectivity index is 1.58. The summed E-state index contributed by atoms with van der Waals surface area (Å²) in [7, 11) is 0. The van der Waals surface area contributed by atoms with Gasteiger partial charge < -0.3 is 15.7 Å². The van der Waals surface area contributed by atoms with Crippen LogP contribution in [0.1, 0.15) is 32.6 Å². The lowest BCUT2D eigenvalue weighted by atomic mass is 10.0. The number of nitrogens with zero attached hydrogens (tertiary/aromatic N) is 1. The summed E-state index contributed by atoms with van der Waals surface area (Å²) < 4.78 is 0. The largest absolute Gasteiger partial charge is 0.478 e. The van der Waals surface area contributed by atoms with Crippen molar-refractivity contribution in [3.05, 3.63) is 111 Å². The van der Waals surface area contributed by atoms with E-state index in [9.17, 15) is 14.9 Å². The normalized spacial score (nSPS) is 10.5. The first-order valence-corrected chi connectivity index (χ1v) is 10.5. The van der Waals surface area contributed by atoms with Crippen molar-refractivity contribution in [2.75, 3.05) is 6.54 Å². The SMILES string of the molecule is O=C(O)c1ccc(CNCCc2ccccc2C(=S)NCc2ccccc2)c([N+](=O)[O-])c1. The van der Waals surface area contributed by atoms with Gasteiger partial charge in [-0.25, -0.2) is 4.79 Å². The van der Waals surface area contributed by atoms with E-state index in [1.807, 2.05) is 54.6 Å². The van der Waals surface area contributed by atoms with Gasteiger partial charge in [0.1, 0.15) is 4.99 Å². The zero-order valence-corrected chi connectivity index (χ0v) is 18.1. The van der Waals surface area contributed by atoms with Crippen LogP contribution in [-0.4, -0.2) is 27.5 Å². The molecule has 0 radical (unpaired) electrons. The number of nitro groups is 1. The maximum absolute atomic E-state index is 11.3. The number of carbonyl (C=O) groups is 1. The molecule has 0 saturated heterocycles. The molecule has 0 atom stereocenters. The third kappa shape index (κ3) is 6.19. The highest BCUT2D eigenvalue weighted by Crippen LogP contribution is 2.20. The minimum absolute atomic E-state index is 0.106. The van der Waals surface area contributed by atoms with Crippen LogP contribution in [0.3, 0.4) is 0 Å². The van der Waals surface area contributed by atoms with E-state index in [1.54, 1.807) is 0 Å². The zero-order chi connectivity index (χ0) is 22.9. The van der Waals surface area contributed by atoms with Crippen molar-refractivity contribution in [3.63, 3.8) is 0 Å². The van der Waals surface area contributed by atoms with E-state index in [4.69, 9.17) is 17.3 Å². The van der Waals surface area contributed by atoms with Gasteiger partial charge in [-0.1, -0.05) is 72.9 Å². The molecule has 0 fully saturated rings. The molecular weight excluding hydrogens is 426 g/mol. The highest BCUT2D eigenvalue weighted by molar-refractivity contribution is 7.80. The number of nitrogens with one attached hydrogen (secondary N) is 2. The molecular formula is C24H23N3O4S. The highest BCUT2D eigenvalue weighted by Gasteiger charge is 2.17. The molecule has 0 heterocycles. The molecule has 0 spiro atoms. The molecule has 8 heteroatoms. The Morgan fingerprint density at radius 3 is 2.41 bits per heavy atom. The molecule has 0 unspecified atom stereocenters. The average molecular weight is 450 g/mol. The molecule has 3 rings (SSSR count). The minimum atomic E-state index is -1.19. The first-order valence-electron chi connectivity index (χ1n) is 10.1. The molecule has 3 N–H and O–H groups in total. The Kier molecular flexibility index (Phi) is 8.02. The number of rotatable bonds is 10. The molecule has 0 aliphatic rings. The van der Waals surface area contributed by atoms with E-state index in [2.05, 4.69) is 10.6 Å². The van der Waals surface area contributed by atoms with E-state index in [0.29, 0.717) is 30.1 Å². The predicted octanol–water partition coefficient (Wildman–Crippen LogP) is 4.09. The Morgan fingerprint density at radius 2 is 1.69 bits per heavy atom. The quantitative estimate of drug-likeness (QED) is 0.185. The summed E-state index contributed by atoms with van der Waals surface area (Å²) in [5.74, 6) is -1.19. The second-order valence-electron chi connectivity index (χ2n) is 7.16.